The summed E-state index contributed by atoms with van der Waals surface area (Å²) in [4.78, 5) is 11.9. The van der Waals surface area contributed by atoms with Gasteiger partial charge in [-0.2, -0.15) is 5.10 Å². The number of amides is 1. The van der Waals surface area contributed by atoms with E-state index in [2.05, 4.69) is 10.5 Å². The van der Waals surface area contributed by atoms with E-state index in [0.29, 0.717) is 16.9 Å². The van der Waals surface area contributed by atoms with E-state index < -0.39 is 0 Å². The van der Waals surface area contributed by atoms with Gasteiger partial charge in [0.2, 0.25) is 0 Å². The number of aromatic hydroxyl groups is 1. The van der Waals surface area contributed by atoms with Crippen LogP contribution in [-0.4, -0.2) is 24.3 Å². The Labute approximate surface area is 122 Å². The molecule has 0 spiro atoms. The molecule has 21 heavy (non-hydrogen) atoms. The van der Waals surface area contributed by atoms with Gasteiger partial charge in [-0.3, -0.25) is 4.79 Å². The molecule has 2 aromatic rings. The second-order valence-electron chi connectivity index (χ2n) is 4.50. The third-order valence-electron chi connectivity index (χ3n) is 2.86. The first-order chi connectivity index (χ1) is 10.1. The highest BCUT2D eigenvalue weighted by Gasteiger charge is 2.04. The first-order valence-electron chi connectivity index (χ1n) is 6.37. The number of hydrazone groups is 1. The average Bonchev–Trinajstić information content (AvgIpc) is 2.47. The lowest BCUT2D eigenvalue weighted by Crippen LogP contribution is -2.17. The van der Waals surface area contributed by atoms with Gasteiger partial charge < -0.3 is 9.84 Å². The van der Waals surface area contributed by atoms with Gasteiger partial charge in [0.05, 0.1) is 13.3 Å². The molecule has 0 atom stereocenters. The fourth-order valence-electron chi connectivity index (χ4n) is 1.80. The molecule has 0 fully saturated rings. The molecule has 2 rings (SSSR count). The van der Waals surface area contributed by atoms with E-state index >= 15 is 0 Å². The number of phenols is 1. The van der Waals surface area contributed by atoms with Crippen LogP contribution in [0.3, 0.4) is 0 Å². The summed E-state index contributed by atoms with van der Waals surface area (Å²) in [5.74, 6) is 0.120. The van der Waals surface area contributed by atoms with E-state index in [4.69, 9.17) is 4.74 Å². The number of aryl methyl sites for hydroxylation is 1. The molecule has 0 saturated carbocycles. The maximum absolute atomic E-state index is 11.9. The molecule has 0 heterocycles. The predicted molar refractivity (Wildman–Crippen MR) is 80.9 cm³/mol. The van der Waals surface area contributed by atoms with Crippen molar-refractivity contribution < 1.29 is 14.6 Å². The molecule has 0 aliphatic heterocycles. The minimum absolute atomic E-state index is 0.0199. The summed E-state index contributed by atoms with van der Waals surface area (Å²) in [5, 5.41) is 13.5. The van der Waals surface area contributed by atoms with Gasteiger partial charge in [-0.25, -0.2) is 5.43 Å². The van der Waals surface area contributed by atoms with Crippen molar-refractivity contribution in [3.05, 3.63) is 59.2 Å². The number of benzene rings is 2. The minimum Gasteiger partial charge on any atom is -0.504 e. The van der Waals surface area contributed by atoms with Crippen LogP contribution in [0.15, 0.2) is 47.6 Å². The maximum atomic E-state index is 11.9. The van der Waals surface area contributed by atoms with Gasteiger partial charge in [0.1, 0.15) is 0 Å². The number of ether oxygens (including phenoxy) is 1. The van der Waals surface area contributed by atoms with Gasteiger partial charge in [-0.15, -0.1) is 0 Å². The highest BCUT2D eigenvalue weighted by atomic mass is 16.5. The Morgan fingerprint density at radius 1 is 1.29 bits per heavy atom. The molecular formula is C16H16N2O3. The van der Waals surface area contributed by atoms with Crippen molar-refractivity contribution in [3.8, 4) is 11.5 Å². The minimum atomic E-state index is -0.285. The summed E-state index contributed by atoms with van der Waals surface area (Å²) in [6.07, 6.45) is 1.45. The summed E-state index contributed by atoms with van der Waals surface area (Å²) < 4.78 is 4.95. The number of phenolic OH excluding ortho intramolecular Hbond substituents is 1. The molecule has 5 nitrogen and oxygen atoms in total. The third-order valence-corrected chi connectivity index (χ3v) is 2.86. The average molecular weight is 284 g/mol. The number of methoxy groups -OCH3 is 1. The van der Waals surface area contributed by atoms with Crippen LogP contribution in [0, 0.1) is 6.92 Å². The van der Waals surface area contributed by atoms with Crippen molar-refractivity contribution in [2.24, 2.45) is 5.10 Å². The van der Waals surface area contributed by atoms with Crippen molar-refractivity contribution in [2.45, 2.75) is 6.92 Å². The normalized spacial score (nSPS) is 10.6. The van der Waals surface area contributed by atoms with Crippen molar-refractivity contribution in [1.29, 1.82) is 0 Å². The van der Waals surface area contributed by atoms with Crippen molar-refractivity contribution in [2.75, 3.05) is 7.11 Å². The lowest BCUT2D eigenvalue weighted by Gasteiger charge is -2.03. The first kappa shape index (κ1) is 14.6. The van der Waals surface area contributed by atoms with Crippen molar-refractivity contribution >= 4 is 12.1 Å². The molecule has 0 aliphatic carbocycles. The van der Waals surface area contributed by atoms with Crippen LogP contribution in [0.25, 0.3) is 0 Å². The van der Waals surface area contributed by atoms with Crippen LogP contribution >= 0.6 is 0 Å². The van der Waals surface area contributed by atoms with Gasteiger partial charge in [-0.1, -0.05) is 17.7 Å². The highest BCUT2D eigenvalue weighted by molar-refractivity contribution is 5.95. The number of nitrogens with one attached hydrogen (secondary N) is 1. The predicted octanol–water partition coefficient (Wildman–Crippen LogP) is 2.47. The number of carbonyl (C=O) groups excluding carboxylic acids is 1. The molecule has 108 valence electrons. The molecule has 0 bridgehead atoms. The number of hydrogen-bond acceptors (Lipinski definition) is 4. The van der Waals surface area contributed by atoms with Gasteiger partial charge in [0.25, 0.3) is 5.91 Å². The number of rotatable bonds is 4. The molecule has 2 aromatic carbocycles. The second kappa shape index (κ2) is 6.56. The Morgan fingerprint density at radius 3 is 2.76 bits per heavy atom. The smallest absolute Gasteiger partial charge is 0.271 e. The Bertz CT molecular complexity index is 681. The van der Waals surface area contributed by atoms with Crippen LogP contribution in [0.1, 0.15) is 21.5 Å². The second-order valence-corrected chi connectivity index (χ2v) is 4.50. The zero-order valence-electron chi connectivity index (χ0n) is 11.8. The molecule has 0 aromatic heterocycles. The lowest BCUT2D eigenvalue weighted by atomic mass is 10.1. The van der Waals surface area contributed by atoms with Gasteiger partial charge in [0.15, 0.2) is 11.5 Å². The monoisotopic (exact) mass is 284 g/mol. The van der Waals surface area contributed by atoms with Crippen LogP contribution in [0.2, 0.25) is 0 Å². The Morgan fingerprint density at radius 2 is 2.10 bits per heavy atom. The number of nitrogens with zero attached hydrogens (tertiary/aromatic N) is 1. The molecule has 5 heteroatoms. The summed E-state index contributed by atoms with van der Waals surface area (Å²) in [7, 11) is 1.48. The van der Waals surface area contributed by atoms with Crippen molar-refractivity contribution in [1.82, 2.24) is 5.43 Å². The summed E-state index contributed by atoms with van der Waals surface area (Å²) >= 11 is 0. The van der Waals surface area contributed by atoms with E-state index in [1.807, 2.05) is 19.1 Å². The standard InChI is InChI=1S/C16H16N2O3/c1-11-4-3-5-13(8-11)16(20)18-17-10-12-6-7-15(21-2)14(19)9-12/h3-10,19H,1-2H3,(H,18,20)/b17-10+. The van der Waals surface area contributed by atoms with Crippen LogP contribution < -0.4 is 10.2 Å². The molecule has 0 unspecified atom stereocenters. The first-order valence-corrected chi connectivity index (χ1v) is 6.37. The van der Waals surface area contributed by atoms with E-state index in [9.17, 15) is 9.90 Å². The maximum Gasteiger partial charge on any atom is 0.271 e. The SMILES string of the molecule is COc1ccc(/C=N/NC(=O)c2cccc(C)c2)cc1O. The Hall–Kier alpha value is -2.82. The molecule has 2 N–H and O–H groups in total. The largest absolute Gasteiger partial charge is 0.504 e. The number of hydrogen-bond donors (Lipinski definition) is 2. The van der Waals surface area contributed by atoms with Gasteiger partial charge in [-0.05, 0) is 42.8 Å². The highest BCUT2D eigenvalue weighted by Crippen LogP contribution is 2.25. The molecule has 0 radical (unpaired) electrons. The topological polar surface area (TPSA) is 70.9 Å². The van der Waals surface area contributed by atoms with Gasteiger partial charge in [0, 0.05) is 5.56 Å². The van der Waals surface area contributed by atoms with Crippen LogP contribution in [-0.2, 0) is 0 Å². The zero-order valence-corrected chi connectivity index (χ0v) is 11.8. The number of carbonyl (C=O) groups is 1. The Balaban J connectivity index is 2.02. The van der Waals surface area contributed by atoms with Crippen molar-refractivity contribution in [3.63, 3.8) is 0 Å². The fraction of sp³-hybridized carbons (Fsp3) is 0.125. The quantitative estimate of drug-likeness (QED) is 0.669. The van der Waals surface area contributed by atoms with E-state index in [-0.39, 0.29) is 11.7 Å². The van der Waals surface area contributed by atoms with Gasteiger partial charge >= 0.3 is 0 Å². The van der Waals surface area contributed by atoms with E-state index in [0.717, 1.165) is 5.56 Å². The third kappa shape index (κ3) is 3.82. The van der Waals surface area contributed by atoms with Crippen LogP contribution in [0.4, 0.5) is 0 Å². The summed E-state index contributed by atoms with van der Waals surface area (Å²) in [6.45, 7) is 1.92. The van der Waals surface area contributed by atoms with Crippen LogP contribution in [0.5, 0.6) is 11.5 Å². The molecule has 0 saturated heterocycles. The lowest BCUT2D eigenvalue weighted by molar-refractivity contribution is 0.0955. The zero-order chi connectivity index (χ0) is 15.2. The molecule has 0 aliphatic rings. The van der Waals surface area contributed by atoms with E-state index in [1.165, 1.54) is 19.4 Å². The van der Waals surface area contributed by atoms with E-state index in [1.54, 1.807) is 24.3 Å². The Kier molecular flexibility index (Phi) is 4.56. The fourth-order valence-corrected chi connectivity index (χ4v) is 1.80. The molecular weight excluding hydrogens is 268 g/mol. The summed E-state index contributed by atoms with van der Waals surface area (Å²) in [6, 6.07) is 12.1. The summed E-state index contributed by atoms with van der Waals surface area (Å²) in [5.41, 5.74) is 4.64. The molecule has 1 amide bonds.